The van der Waals surface area contributed by atoms with Gasteiger partial charge in [0.25, 0.3) is 0 Å². The summed E-state index contributed by atoms with van der Waals surface area (Å²) in [5.74, 6) is 0. The fourth-order valence-corrected chi connectivity index (χ4v) is 2.66. The average molecular weight is 230 g/mol. The van der Waals surface area contributed by atoms with Crippen molar-refractivity contribution in [3.05, 3.63) is 11.9 Å². The van der Waals surface area contributed by atoms with Gasteiger partial charge in [-0.1, -0.05) is 0 Å². The summed E-state index contributed by atoms with van der Waals surface area (Å²) in [6.45, 7) is 0.744. The van der Waals surface area contributed by atoms with E-state index in [9.17, 15) is 8.42 Å². The first-order valence-electron chi connectivity index (χ1n) is 4.83. The van der Waals surface area contributed by atoms with E-state index in [1.54, 1.807) is 12.4 Å². The minimum absolute atomic E-state index is 0.217. The van der Waals surface area contributed by atoms with E-state index >= 15 is 0 Å². The standard InChI is InChI=1S/C8H14N4O2S/c9-5-7-6-12(4-3-10-7)11-15(13,14)8-1-2-8/h3,6,8,11H,1-2,4-5,9H2. The summed E-state index contributed by atoms with van der Waals surface area (Å²) >= 11 is 0. The van der Waals surface area contributed by atoms with Crippen LogP contribution in [-0.4, -0.2) is 38.0 Å². The summed E-state index contributed by atoms with van der Waals surface area (Å²) in [4.78, 5) is 6.53. The molecule has 84 valence electrons. The van der Waals surface area contributed by atoms with E-state index in [4.69, 9.17) is 5.73 Å². The van der Waals surface area contributed by atoms with E-state index in [-0.39, 0.29) is 5.25 Å². The number of nitrogens with one attached hydrogen (secondary N) is 1. The SMILES string of the molecule is NCC1=CN(NS(=O)(=O)C2CC2)CC=N1. The zero-order valence-electron chi connectivity index (χ0n) is 8.26. The van der Waals surface area contributed by atoms with Gasteiger partial charge < -0.3 is 5.73 Å². The molecule has 15 heavy (non-hydrogen) atoms. The van der Waals surface area contributed by atoms with E-state index in [0.29, 0.717) is 18.8 Å². The molecule has 2 rings (SSSR count). The van der Waals surface area contributed by atoms with E-state index in [2.05, 4.69) is 9.82 Å². The van der Waals surface area contributed by atoms with Crippen LogP contribution >= 0.6 is 0 Å². The first-order chi connectivity index (χ1) is 7.12. The van der Waals surface area contributed by atoms with Gasteiger partial charge in [0.05, 0.1) is 17.5 Å². The Morgan fingerprint density at radius 1 is 1.60 bits per heavy atom. The molecule has 0 aromatic carbocycles. The predicted octanol–water partition coefficient (Wildman–Crippen LogP) is -0.830. The molecule has 0 bridgehead atoms. The molecule has 6 nitrogen and oxygen atoms in total. The molecule has 0 saturated heterocycles. The number of hydrogen-bond donors (Lipinski definition) is 2. The Hall–Kier alpha value is -0.920. The Balaban J connectivity index is 2.01. The van der Waals surface area contributed by atoms with Crippen LogP contribution in [0.4, 0.5) is 0 Å². The van der Waals surface area contributed by atoms with Gasteiger partial charge in [-0.25, -0.2) is 8.42 Å². The molecule has 1 aliphatic carbocycles. The lowest BCUT2D eigenvalue weighted by atomic mass is 10.4. The van der Waals surface area contributed by atoms with Gasteiger partial charge in [-0.2, -0.15) is 0 Å². The molecule has 0 unspecified atom stereocenters. The molecule has 1 fully saturated rings. The summed E-state index contributed by atoms with van der Waals surface area (Å²) in [5, 5.41) is 1.29. The fraction of sp³-hybridized carbons (Fsp3) is 0.625. The summed E-state index contributed by atoms with van der Waals surface area (Å²) in [5.41, 5.74) is 6.08. The first-order valence-corrected chi connectivity index (χ1v) is 6.37. The van der Waals surface area contributed by atoms with Crippen LogP contribution in [0.1, 0.15) is 12.8 Å². The first kappa shape index (κ1) is 10.6. The molecule has 1 heterocycles. The number of sulfonamides is 1. The third-order valence-electron chi connectivity index (χ3n) is 2.26. The lowest BCUT2D eigenvalue weighted by Crippen LogP contribution is -2.42. The highest BCUT2D eigenvalue weighted by Gasteiger charge is 2.36. The minimum Gasteiger partial charge on any atom is -0.325 e. The van der Waals surface area contributed by atoms with Gasteiger partial charge in [-0.15, -0.1) is 4.83 Å². The molecule has 0 radical (unpaired) electrons. The van der Waals surface area contributed by atoms with Crippen molar-refractivity contribution in [2.45, 2.75) is 18.1 Å². The zero-order valence-corrected chi connectivity index (χ0v) is 9.07. The number of nitrogens with zero attached hydrogens (tertiary/aromatic N) is 2. The van der Waals surface area contributed by atoms with Crippen LogP contribution in [0, 0.1) is 0 Å². The molecule has 3 N–H and O–H groups in total. The summed E-state index contributed by atoms with van der Waals surface area (Å²) < 4.78 is 23.2. The number of hydrazine groups is 1. The Bertz CT molecular complexity index is 397. The fourth-order valence-electron chi connectivity index (χ4n) is 1.30. The number of aliphatic imine (C=N–C) groups is 1. The van der Waals surface area contributed by atoms with Crippen LogP contribution in [0.5, 0.6) is 0 Å². The van der Waals surface area contributed by atoms with Crippen molar-refractivity contribution in [1.82, 2.24) is 9.84 Å². The normalized spacial score (nSPS) is 21.7. The molecule has 1 aliphatic heterocycles. The lowest BCUT2D eigenvalue weighted by Gasteiger charge is -2.22. The quantitative estimate of drug-likeness (QED) is 0.660. The highest BCUT2D eigenvalue weighted by atomic mass is 32.2. The van der Waals surface area contributed by atoms with Crippen molar-refractivity contribution in [3.8, 4) is 0 Å². The van der Waals surface area contributed by atoms with E-state index < -0.39 is 10.0 Å². The third-order valence-corrected chi connectivity index (χ3v) is 4.10. The van der Waals surface area contributed by atoms with Crippen molar-refractivity contribution >= 4 is 16.2 Å². The number of nitrogens with two attached hydrogens (primary N) is 1. The molecular formula is C8H14N4O2S. The van der Waals surface area contributed by atoms with Gasteiger partial charge in [0.1, 0.15) is 0 Å². The van der Waals surface area contributed by atoms with E-state index in [1.807, 2.05) is 0 Å². The Morgan fingerprint density at radius 2 is 2.33 bits per heavy atom. The smallest absolute Gasteiger partial charge is 0.231 e. The average Bonchev–Trinajstić information content (AvgIpc) is 3.00. The second-order valence-electron chi connectivity index (χ2n) is 3.62. The maximum atomic E-state index is 11.6. The van der Waals surface area contributed by atoms with Crippen LogP contribution in [0.3, 0.4) is 0 Å². The highest BCUT2D eigenvalue weighted by molar-refractivity contribution is 7.90. The topological polar surface area (TPSA) is 87.8 Å². The monoisotopic (exact) mass is 230 g/mol. The van der Waals surface area contributed by atoms with Gasteiger partial charge in [0.15, 0.2) is 0 Å². The molecule has 0 spiro atoms. The molecular weight excluding hydrogens is 216 g/mol. The number of hydrogen-bond acceptors (Lipinski definition) is 5. The molecule has 0 amide bonds. The second kappa shape index (κ2) is 3.92. The van der Waals surface area contributed by atoms with E-state index in [0.717, 1.165) is 12.8 Å². The maximum absolute atomic E-state index is 11.6. The molecule has 0 aromatic rings. The minimum atomic E-state index is -3.19. The van der Waals surface area contributed by atoms with Gasteiger partial charge >= 0.3 is 0 Å². The van der Waals surface area contributed by atoms with Gasteiger partial charge in [-0.05, 0) is 12.8 Å². The Morgan fingerprint density at radius 3 is 2.93 bits per heavy atom. The summed E-state index contributed by atoms with van der Waals surface area (Å²) in [6, 6.07) is 0. The highest BCUT2D eigenvalue weighted by Crippen LogP contribution is 2.27. The molecule has 7 heteroatoms. The largest absolute Gasteiger partial charge is 0.325 e. The summed E-state index contributed by atoms with van der Waals surface area (Å²) in [6.07, 6.45) is 4.77. The molecule has 1 saturated carbocycles. The van der Waals surface area contributed by atoms with Crippen molar-refractivity contribution < 1.29 is 8.42 Å². The second-order valence-corrected chi connectivity index (χ2v) is 5.56. The molecule has 0 atom stereocenters. The van der Waals surface area contributed by atoms with Gasteiger partial charge in [0, 0.05) is 19.0 Å². The van der Waals surface area contributed by atoms with E-state index in [1.165, 1.54) is 5.01 Å². The zero-order chi connectivity index (χ0) is 10.9. The van der Waals surface area contributed by atoms with Gasteiger partial charge in [0.2, 0.25) is 10.0 Å². The maximum Gasteiger partial charge on any atom is 0.231 e. The van der Waals surface area contributed by atoms with Crippen molar-refractivity contribution in [1.29, 1.82) is 0 Å². The Labute approximate surface area is 88.9 Å². The third kappa shape index (κ3) is 2.55. The van der Waals surface area contributed by atoms with Crippen molar-refractivity contribution in [2.24, 2.45) is 10.7 Å². The lowest BCUT2D eigenvalue weighted by molar-refractivity contribution is 0.374. The van der Waals surface area contributed by atoms with Crippen molar-refractivity contribution in [2.75, 3.05) is 13.1 Å². The summed E-state index contributed by atoms with van der Waals surface area (Å²) in [7, 11) is -3.19. The van der Waals surface area contributed by atoms with Crippen LogP contribution in [-0.2, 0) is 10.0 Å². The van der Waals surface area contributed by atoms with Crippen molar-refractivity contribution in [3.63, 3.8) is 0 Å². The van der Waals surface area contributed by atoms with Crippen LogP contribution in [0.25, 0.3) is 0 Å². The Kier molecular flexibility index (Phi) is 2.76. The molecule has 0 aromatic heterocycles. The molecule has 2 aliphatic rings. The predicted molar refractivity (Wildman–Crippen MR) is 57.4 cm³/mol. The van der Waals surface area contributed by atoms with Gasteiger partial charge in [-0.3, -0.25) is 10.0 Å². The van der Waals surface area contributed by atoms with Crippen LogP contribution < -0.4 is 10.6 Å². The van der Waals surface area contributed by atoms with Crippen LogP contribution in [0.2, 0.25) is 0 Å². The van der Waals surface area contributed by atoms with Crippen LogP contribution in [0.15, 0.2) is 16.9 Å². The number of rotatable bonds is 4.